The molecule has 1 aliphatic heterocycles. The average Bonchev–Trinajstić information content (AvgIpc) is 2.88. The number of rotatable bonds is 3. The van der Waals surface area contributed by atoms with Crippen LogP contribution in [-0.2, 0) is 0 Å². The quantitative estimate of drug-likeness (QED) is 0.435. The molecule has 0 fully saturated rings. The van der Waals surface area contributed by atoms with E-state index in [-0.39, 0.29) is 45.3 Å². The van der Waals surface area contributed by atoms with Gasteiger partial charge < -0.3 is 24.8 Å². The number of carbonyl (C=O) groups is 2. The topological polar surface area (TPSA) is 113 Å². The van der Waals surface area contributed by atoms with Crippen molar-refractivity contribution in [3.63, 3.8) is 0 Å². The predicted molar refractivity (Wildman–Crippen MR) is 116 cm³/mol. The molecule has 0 spiro atoms. The van der Waals surface area contributed by atoms with Crippen LogP contribution in [0.2, 0.25) is 0 Å². The Bertz CT molecular complexity index is 1200. The molecule has 2 aromatic carbocycles. The monoisotopic (exact) mass is 424 g/mol. The number of carboxylic acid groups (broad SMARTS) is 1. The lowest BCUT2D eigenvalue weighted by atomic mass is 9.94. The molecule has 162 valence electrons. The third-order valence-corrected chi connectivity index (χ3v) is 5.62. The number of hydrogen-bond donors (Lipinski definition) is 3. The summed E-state index contributed by atoms with van der Waals surface area (Å²) in [6, 6.07) is 1.47. The predicted octanol–water partition coefficient (Wildman–Crippen LogP) is 5.58. The summed E-state index contributed by atoms with van der Waals surface area (Å²) >= 11 is 0. The van der Waals surface area contributed by atoms with E-state index >= 15 is 0 Å². The van der Waals surface area contributed by atoms with Crippen molar-refractivity contribution < 1.29 is 34.4 Å². The summed E-state index contributed by atoms with van der Waals surface area (Å²) in [5.41, 5.74) is 1.88. The summed E-state index contributed by atoms with van der Waals surface area (Å²) in [7, 11) is 0. The third-order valence-electron chi connectivity index (χ3n) is 5.62. The Morgan fingerprint density at radius 2 is 1.52 bits per heavy atom. The Kier molecular flexibility index (Phi) is 5.55. The Morgan fingerprint density at radius 3 is 2.06 bits per heavy atom. The van der Waals surface area contributed by atoms with E-state index < -0.39 is 17.7 Å². The van der Waals surface area contributed by atoms with Gasteiger partial charge in [-0.15, -0.1) is 0 Å². The number of aromatic hydroxyl groups is 2. The summed E-state index contributed by atoms with van der Waals surface area (Å²) in [5, 5.41) is 30.9. The Hall–Kier alpha value is -3.74. The highest BCUT2D eigenvalue weighted by Crippen LogP contribution is 2.52. The van der Waals surface area contributed by atoms with Crippen molar-refractivity contribution >= 4 is 23.1 Å². The second-order valence-electron chi connectivity index (χ2n) is 7.39. The summed E-state index contributed by atoms with van der Waals surface area (Å²) in [4.78, 5) is 25.2. The van der Waals surface area contributed by atoms with E-state index in [9.17, 15) is 24.9 Å². The molecule has 0 unspecified atom stereocenters. The fourth-order valence-electron chi connectivity index (χ4n) is 3.55. The highest BCUT2D eigenvalue weighted by molar-refractivity contribution is 6.04. The fraction of sp³-hybridized carbons (Fsp3) is 0.250. The van der Waals surface area contributed by atoms with E-state index in [0.717, 1.165) is 0 Å². The molecule has 0 amide bonds. The highest BCUT2D eigenvalue weighted by atomic mass is 16.6. The number of allylic oxidation sites excluding steroid dienone is 4. The van der Waals surface area contributed by atoms with Gasteiger partial charge in [0.2, 0.25) is 0 Å². The SMILES string of the molecule is C/C=C(\C)c1cc(O)c(C)c2c1C(=O)Oc1c(C)c(O)c(C(=O)O)c(/C(C)=C/C)c1O2. The zero-order chi connectivity index (χ0) is 23.2. The van der Waals surface area contributed by atoms with Gasteiger partial charge in [-0.1, -0.05) is 12.2 Å². The van der Waals surface area contributed by atoms with Gasteiger partial charge in [0.15, 0.2) is 11.5 Å². The van der Waals surface area contributed by atoms with Gasteiger partial charge in [-0.2, -0.15) is 0 Å². The number of hydrogen-bond acceptors (Lipinski definition) is 6. The van der Waals surface area contributed by atoms with Crippen LogP contribution in [0.3, 0.4) is 0 Å². The van der Waals surface area contributed by atoms with Gasteiger partial charge in [0.1, 0.15) is 28.4 Å². The number of esters is 1. The molecule has 1 heterocycles. The Balaban J connectivity index is 2.51. The van der Waals surface area contributed by atoms with Gasteiger partial charge >= 0.3 is 11.9 Å². The van der Waals surface area contributed by atoms with Crippen LogP contribution in [-0.4, -0.2) is 27.3 Å². The molecule has 3 rings (SSSR count). The van der Waals surface area contributed by atoms with Crippen molar-refractivity contribution in [3.05, 3.63) is 51.6 Å². The largest absolute Gasteiger partial charge is 0.508 e. The van der Waals surface area contributed by atoms with Crippen LogP contribution in [0.5, 0.6) is 28.7 Å². The first kappa shape index (κ1) is 22.0. The maximum Gasteiger partial charge on any atom is 0.348 e. The third kappa shape index (κ3) is 3.32. The van der Waals surface area contributed by atoms with Crippen LogP contribution in [0.4, 0.5) is 0 Å². The van der Waals surface area contributed by atoms with Crippen LogP contribution in [0, 0.1) is 13.8 Å². The second-order valence-corrected chi connectivity index (χ2v) is 7.39. The van der Waals surface area contributed by atoms with E-state index in [0.29, 0.717) is 22.3 Å². The second kappa shape index (κ2) is 7.83. The van der Waals surface area contributed by atoms with E-state index in [1.807, 2.05) is 0 Å². The summed E-state index contributed by atoms with van der Waals surface area (Å²) in [6.07, 6.45) is 3.45. The molecule has 7 nitrogen and oxygen atoms in total. The summed E-state index contributed by atoms with van der Waals surface area (Å²) in [5.74, 6) is -2.67. The van der Waals surface area contributed by atoms with Crippen LogP contribution in [0.25, 0.3) is 11.1 Å². The summed E-state index contributed by atoms with van der Waals surface area (Å²) in [6.45, 7) is 10.00. The van der Waals surface area contributed by atoms with E-state index in [1.54, 1.807) is 46.8 Å². The van der Waals surface area contributed by atoms with Crippen molar-refractivity contribution in [1.29, 1.82) is 0 Å². The lowest BCUT2D eigenvalue weighted by molar-refractivity contribution is 0.0692. The number of aromatic carboxylic acids is 1. The molecule has 0 atom stereocenters. The van der Waals surface area contributed by atoms with Crippen LogP contribution in [0.15, 0.2) is 18.2 Å². The molecule has 0 saturated heterocycles. The smallest absolute Gasteiger partial charge is 0.348 e. The molecule has 3 N–H and O–H groups in total. The highest BCUT2D eigenvalue weighted by Gasteiger charge is 2.36. The molecule has 7 heteroatoms. The molecular formula is C24H24O7. The van der Waals surface area contributed by atoms with Gasteiger partial charge in [-0.05, 0) is 64.3 Å². The van der Waals surface area contributed by atoms with Crippen LogP contribution in [0.1, 0.15) is 70.7 Å². The van der Waals surface area contributed by atoms with Gasteiger partial charge in [-0.3, -0.25) is 0 Å². The number of phenols is 2. The molecular weight excluding hydrogens is 400 g/mol. The number of fused-ring (bicyclic) bond motifs is 2. The van der Waals surface area contributed by atoms with Gasteiger partial charge in [0, 0.05) is 16.7 Å². The van der Waals surface area contributed by atoms with Gasteiger partial charge in [0.05, 0.1) is 0 Å². The molecule has 0 saturated carbocycles. The first-order chi connectivity index (χ1) is 14.5. The lowest BCUT2D eigenvalue weighted by Gasteiger charge is -2.20. The van der Waals surface area contributed by atoms with Crippen molar-refractivity contribution in [3.8, 4) is 28.7 Å². The Labute approximate surface area is 179 Å². The molecule has 0 aromatic heterocycles. The maximum absolute atomic E-state index is 13.2. The molecule has 0 radical (unpaired) electrons. The molecule has 0 aliphatic carbocycles. The fourth-order valence-corrected chi connectivity index (χ4v) is 3.55. The van der Waals surface area contributed by atoms with E-state index in [2.05, 4.69) is 0 Å². The van der Waals surface area contributed by atoms with E-state index in [4.69, 9.17) is 9.47 Å². The average molecular weight is 424 g/mol. The number of ether oxygens (including phenoxy) is 2. The number of phenolic OH excluding ortho intramolecular Hbond substituents is 1. The van der Waals surface area contributed by atoms with Gasteiger partial charge in [0.25, 0.3) is 0 Å². The van der Waals surface area contributed by atoms with Crippen molar-refractivity contribution in [2.45, 2.75) is 41.5 Å². The molecule has 31 heavy (non-hydrogen) atoms. The first-order valence-electron chi connectivity index (χ1n) is 9.70. The molecule has 2 aromatic rings. The Morgan fingerprint density at radius 1 is 0.903 bits per heavy atom. The van der Waals surface area contributed by atoms with E-state index in [1.165, 1.54) is 13.0 Å². The van der Waals surface area contributed by atoms with Crippen molar-refractivity contribution in [2.75, 3.05) is 0 Å². The summed E-state index contributed by atoms with van der Waals surface area (Å²) < 4.78 is 11.8. The number of carbonyl (C=O) groups excluding carboxylic acids is 1. The zero-order valence-electron chi connectivity index (χ0n) is 18.2. The zero-order valence-corrected chi connectivity index (χ0v) is 18.2. The maximum atomic E-state index is 13.2. The van der Waals surface area contributed by atoms with Crippen molar-refractivity contribution in [1.82, 2.24) is 0 Å². The van der Waals surface area contributed by atoms with Gasteiger partial charge in [-0.25, -0.2) is 9.59 Å². The van der Waals surface area contributed by atoms with Crippen LogP contribution < -0.4 is 9.47 Å². The first-order valence-corrected chi connectivity index (χ1v) is 9.70. The molecule has 0 bridgehead atoms. The number of benzene rings is 2. The normalized spacial score (nSPS) is 13.7. The van der Waals surface area contributed by atoms with Crippen molar-refractivity contribution in [2.24, 2.45) is 0 Å². The molecule has 1 aliphatic rings. The number of carboxylic acids is 1. The minimum Gasteiger partial charge on any atom is -0.508 e. The standard InChI is InChI=1S/C24H24O7/c1-7-10(3)14-9-15(25)12(5)20-17(14)24(29)31-21-13(6)19(26)18(23(27)28)16(11(4)8-2)22(21)30-20/h7-9,25-26H,1-6H3,(H,27,28)/b10-7+,11-8+. The minimum atomic E-state index is -1.35. The minimum absolute atomic E-state index is 0.00631. The van der Waals surface area contributed by atoms with Crippen LogP contribution >= 0.6 is 0 Å². The lowest BCUT2D eigenvalue weighted by Crippen LogP contribution is -2.12.